The molecule has 0 radical (unpaired) electrons. The van der Waals surface area contributed by atoms with Gasteiger partial charge in [-0.15, -0.1) is 0 Å². The Hall–Kier alpha value is -0.780. The Balaban J connectivity index is 2.34. The molecule has 1 aromatic rings. The Labute approximate surface area is 112 Å². The van der Waals surface area contributed by atoms with Crippen molar-refractivity contribution in [1.82, 2.24) is 4.98 Å². The first-order valence-electron chi connectivity index (χ1n) is 5.89. The molecule has 0 bridgehead atoms. The summed E-state index contributed by atoms with van der Waals surface area (Å²) in [4.78, 5) is 5.73. The molecule has 0 atom stereocenters. The Bertz CT molecular complexity index is 405. The number of hydrogen-bond donors (Lipinski definition) is 0. The fraction of sp³-hybridized carbons (Fsp3) is 0.583. The van der Waals surface area contributed by atoms with E-state index >= 15 is 0 Å². The fourth-order valence-electron chi connectivity index (χ4n) is 2.10. The molecule has 1 saturated carbocycles. The average molecular weight is 323 g/mol. The van der Waals surface area contributed by atoms with E-state index in [2.05, 4.69) is 20.9 Å². The van der Waals surface area contributed by atoms with Gasteiger partial charge < -0.3 is 4.90 Å². The van der Waals surface area contributed by atoms with Crippen molar-refractivity contribution in [1.29, 1.82) is 0 Å². The number of rotatable bonds is 4. The van der Waals surface area contributed by atoms with Gasteiger partial charge in [0.25, 0.3) is 0 Å². The zero-order chi connectivity index (χ0) is 13.2. The van der Waals surface area contributed by atoms with Gasteiger partial charge in [-0.25, -0.2) is 4.98 Å². The molecule has 1 heterocycles. The van der Waals surface area contributed by atoms with Crippen LogP contribution in [0.25, 0.3) is 0 Å². The van der Waals surface area contributed by atoms with E-state index < -0.39 is 11.7 Å². The van der Waals surface area contributed by atoms with Crippen LogP contribution < -0.4 is 4.90 Å². The van der Waals surface area contributed by atoms with Crippen LogP contribution in [0.2, 0.25) is 0 Å². The number of halogens is 4. The minimum atomic E-state index is -4.35. The molecule has 1 aliphatic rings. The van der Waals surface area contributed by atoms with Crippen LogP contribution in [0.4, 0.5) is 19.0 Å². The highest BCUT2D eigenvalue weighted by molar-refractivity contribution is 9.09. The topological polar surface area (TPSA) is 16.1 Å². The maximum atomic E-state index is 13.0. The fourth-order valence-corrected chi connectivity index (χ4v) is 2.48. The highest BCUT2D eigenvalue weighted by Crippen LogP contribution is 2.38. The smallest absolute Gasteiger partial charge is 0.352 e. The summed E-state index contributed by atoms with van der Waals surface area (Å²) in [6.07, 6.45) is 0.0434. The summed E-state index contributed by atoms with van der Waals surface area (Å²) in [6, 6.07) is 2.63. The maximum absolute atomic E-state index is 13.0. The minimum absolute atomic E-state index is 0.0640. The number of nitrogens with zero attached hydrogens (tertiary/aromatic N) is 2. The molecule has 1 fully saturated rings. The molecule has 0 saturated heterocycles. The van der Waals surface area contributed by atoms with Gasteiger partial charge in [-0.05, 0) is 31.4 Å². The van der Waals surface area contributed by atoms with Crippen molar-refractivity contribution in [3.8, 4) is 0 Å². The van der Waals surface area contributed by atoms with Crippen LogP contribution in [0.3, 0.4) is 0 Å². The first-order chi connectivity index (χ1) is 8.54. The van der Waals surface area contributed by atoms with Gasteiger partial charge in [-0.2, -0.15) is 13.2 Å². The highest BCUT2D eigenvalue weighted by atomic mass is 79.9. The predicted octanol–water partition coefficient (Wildman–Crippen LogP) is 3.85. The molecule has 2 nitrogen and oxygen atoms in total. The predicted molar refractivity (Wildman–Crippen MR) is 68.0 cm³/mol. The first kappa shape index (κ1) is 13.6. The van der Waals surface area contributed by atoms with Crippen LogP contribution in [-0.4, -0.2) is 22.9 Å². The maximum Gasteiger partial charge on any atom is 0.419 e. The van der Waals surface area contributed by atoms with Crippen molar-refractivity contribution in [2.75, 3.05) is 16.8 Å². The van der Waals surface area contributed by atoms with Crippen LogP contribution in [0.5, 0.6) is 0 Å². The van der Waals surface area contributed by atoms with Gasteiger partial charge in [-0.1, -0.05) is 15.9 Å². The van der Waals surface area contributed by atoms with Gasteiger partial charge in [0.1, 0.15) is 5.82 Å². The molecule has 0 spiro atoms. The summed E-state index contributed by atoms with van der Waals surface area (Å²) in [5.41, 5.74) is -0.641. The number of aromatic nitrogens is 1. The molecule has 18 heavy (non-hydrogen) atoms. The molecular formula is C12H14BrF3N2. The number of alkyl halides is 4. The van der Waals surface area contributed by atoms with Crippen LogP contribution in [0, 0.1) is 0 Å². The zero-order valence-electron chi connectivity index (χ0n) is 9.75. The van der Waals surface area contributed by atoms with E-state index in [-0.39, 0.29) is 11.9 Å². The third kappa shape index (κ3) is 2.79. The largest absolute Gasteiger partial charge is 0.419 e. The molecule has 0 N–H and O–H groups in total. The van der Waals surface area contributed by atoms with Gasteiger partial charge in [-0.3, -0.25) is 0 Å². The number of anilines is 1. The Morgan fingerprint density at radius 1 is 1.39 bits per heavy atom. The molecule has 1 aromatic heterocycles. The van der Waals surface area contributed by atoms with Gasteiger partial charge in [0.2, 0.25) is 0 Å². The molecule has 0 aliphatic heterocycles. The lowest BCUT2D eigenvalue weighted by Gasteiger charge is -2.39. The minimum Gasteiger partial charge on any atom is -0.352 e. The molecule has 2 rings (SSSR count). The van der Waals surface area contributed by atoms with E-state index in [4.69, 9.17) is 0 Å². The second kappa shape index (κ2) is 5.47. The average Bonchev–Trinajstić information content (AvgIpc) is 2.25. The lowest BCUT2D eigenvalue weighted by atomic mass is 9.91. The third-order valence-corrected chi connectivity index (χ3v) is 3.56. The van der Waals surface area contributed by atoms with Crippen molar-refractivity contribution in [3.05, 3.63) is 23.9 Å². The number of hydrogen-bond acceptors (Lipinski definition) is 2. The van der Waals surface area contributed by atoms with Crippen molar-refractivity contribution in [2.24, 2.45) is 0 Å². The lowest BCUT2D eigenvalue weighted by Crippen LogP contribution is -2.42. The van der Waals surface area contributed by atoms with E-state index in [0.29, 0.717) is 11.9 Å². The first-order valence-corrected chi connectivity index (χ1v) is 7.01. The van der Waals surface area contributed by atoms with Gasteiger partial charge in [0.05, 0.1) is 5.56 Å². The van der Waals surface area contributed by atoms with E-state index in [9.17, 15) is 13.2 Å². The van der Waals surface area contributed by atoms with Gasteiger partial charge in [0.15, 0.2) is 0 Å². The van der Waals surface area contributed by atoms with Crippen LogP contribution in [-0.2, 0) is 6.18 Å². The van der Waals surface area contributed by atoms with E-state index in [0.717, 1.165) is 25.3 Å². The van der Waals surface area contributed by atoms with Crippen molar-refractivity contribution < 1.29 is 13.2 Å². The molecule has 0 unspecified atom stereocenters. The Morgan fingerprint density at radius 2 is 2.11 bits per heavy atom. The Kier molecular flexibility index (Phi) is 4.14. The second-order valence-corrected chi connectivity index (χ2v) is 5.13. The van der Waals surface area contributed by atoms with Crippen molar-refractivity contribution >= 4 is 21.7 Å². The lowest BCUT2D eigenvalue weighted by molar-refractivity contribution is -0.137. The summed E-state index contributed by atoms with van der Waals surface area (Å²) >= 11 is 3.29. The normalized spacial score (nSPS) is 16.4. The molecule has 100 valence electrons. The monoisotopic (exact) mass is 322 g/mol. The van der Waals surface area contributed by atoms with E-state index in [1.165, 1.54) is 12.3 Å². The summed E-state index contributed by atoms with van der Waals surface area (Å²) in [7, 11) is 0. The summed E-state index contributed by atoms with van der Waals surface area (Å²) in [5.74, 6) is 0.0640. The van der Waals surface area contributed by atoms with E-state index in [1.807, 2.05) is 0 Å². The Morgan fingerprint density at radius 3 is 2.61 bits per heavy atom. The summed E-state index contributed by atoms with van der Waals surface area (Å²) in [6.45, 7) is 0.546. The quantitative estimate of drug-likeness (QED) is 0.783. The molecule has 0 amide bonds. The molecule has 6 heteroatoms. The zero-order valence-corrected chi connectivity index (χ0v) is 11.3. The van der Waals surface area contributed by atoms with Crippen molar-refractivity contribution in [3.63, 3.8) is 0 Å². The van der Waals surface area contributed by atoms with Gasteiger partial charge in [0, 0.05) is 24.1 Å². The third-order valence-electron chi connectivity index (χ3n) is 3.21. The highest BCUT2D eigenvalue weighted by Gasteiger charge is 2.37. The second-order valence-electron chi connectivity index (χ2n) is 4.34. The molecule has 1 aliphatic carbocycles. The van der Waals surface area contributed by atoms with Crippen LogP contribution in [0.1, 0.15) is 24.8 Å². The molecular weight excluding hydrogens is 309 g/mol. The number of pyridine rings is 1. The van der Waals surface area contributed by atoms with Crippen LogP contribution >= 0.6 is 15.9 Å². The standard InChI is InChI=1S/C12H14BrF3N2/c13-6-8-18(9-3-1-4-9)11-10(12(14,15)16)5-2-7-17-11/h2,5,7,9H,1,3-4,6,8H2. The van der Waals surface area contributed by atoms with Crippen molar-refractivity contribution in [2.45, 2.75) is 31.5 Å². The summed E-state index contributed by atoms with van der Waals surface area (Å²) < 4.78 is 38.9. The van der Waals surface area contributed by atoms with Crippen LogP contribution in [0.15, 0.2) is 18.3 Å². The van der Waals surface area contributed by atoms with E-state index in [1.54, 1.807) is 4.90 Å². The van der Waals surface area contributed by atoms with Gasteiger partial charge >= 0.3 is 6.18 Å². The SMILES string of the molecule is FC(F)(F)c1cccnc1N(CCBr)C1CCC1. The molecule has 0 aromatic carbocycles. The summed E-state index contributed by atoms with van der Waals surface area (Å²) in [5, 5.41) is 0.636.